The molecule has 0 aromatic carbocycles. The van der Waals surface area contributed by atoms with Crippen LogP contribution in [0.15, 0.2) is 37.1 Å². The van der Waals surface area contributed by atoms with Crippen molar-refractivity contribution < 1.29 is 0 Å². The Hall–Kier alpha value is -0.980. The highest BCUT2D eigenvalue weighted by Crippen LogP contribution is 2.07. The van der Waals surface area contributed by atoms with Crippen LogP contribution in [0.2, 0.25) is 0 Å². The van der Waals surface area contributed by atoms with Crippen LogP contribution in [0.4, 0.5) is 0 Å². The molecule has 0 unspecified atom stereocenters. The molecule has 0 spiro atoms. The highest BCUT2D eigenvalue weighted by Gasteiger charge is 2.01. The van der Waals surface area contributed by atoms with Crippen molar-refractivity contribution in [1.29, 1.82) is 0 Å². The molecule has 1 nitrogen and oxygen atoms in total. The third-order valence-corrected chi connectivity index (χ3v) is 2.03. The lowest BCUT2D eigenvalue weighted by Crippen LogP contribution is -2.22. The van der Waals surface area contributed by atoms with Crippen LogP contribution in [-0.2, 0) is 0 Å². The molecule has 0 amide bonds. The Morgan fingerprint density at radius 1 is 0.947 bits per heavy atom. The summed E-state index contributed by atoms with van der Waals surface area (Å²) >= 11 is 0. The standard InChI is InChI=1S/C12H21N.3C2H6/c1-5-9-11-13(8-4)12(7-3)10-6-2;3*1-2/h6-7,10H,2-3,5,8-9,11H2,1,4H3;3*1-2H3/b12-10+;;;. The number of unbranched alkanes of at least 4 members (excludes halogenated alkanes) is 1. The van der Waals surface area contributed by atoms with Gasteiger partial charge in [-0.05, 0) is 25.5 Å². The average molecular weight is 270 g/mol. The molecule has 1 heteroatoms. The highest BCUT2D eigenvalue weighted by atomic mass is 15.1. The topological polar surface area (TPSA) is 3.24 Å². The summed E-state index contributed by atoms with van der Waals surface area (Å²) in [6, 6.07) is 0. The molecule has 0 heterocycles. The van der Waals surface area contributed by atoms with E-state index in [1.165, 1.54) is 18.5 Å². The Labute approximate surface area is 124 Å². The van der Waals surface area contributed by atoms with E-state index in [9.17, 15) is 0 Å². The van der Waals surface area contributed by atoms with E-state index in [4.69, 9.17) is 0 Å². The number of hydrogen-bond donors (Lipinski definition) is 0. The molecular formula is C18H39N. The van der Waals surface area contributed by atoms with Gasteiger partial charge >= 0.3 is 0 Å². The van der Waals surface area contributed by atoms with E-state index in [0.717, 1.165) is 13.1 Å². The van der Waals surface area contributed by atoms with Crippen molar-refractivity contribution in [1.82, 2.24) is 4.90 Å². The van der Waals surface area contributed by atoms with Crippen molar-refractivity contribution >= 4 is 0 Å². The number of hydrogen-bond acceptors (Lipinski definition) is 1. The molecule has 0 saturated heterocycles. The molecule has 0 aromatic rings. The van der Waals surface area contributed by atoms with Gasteiger partial charge in [-0.25, -0.2) is 0 Å². The number of allylic oxidation sites excluding steroid dienone is 3. The molecular weight excluding hydrogens is 230 g/mol. The van der Waals surface area contributed by atoms with Gasteiger partial charge in [0.25, 0.3) is 0 Å². The molecule has 0 atom stereocenters. The van der Waals surface area contributed by atoms with E-state index < -0.39 is 0 Å². The molecule has 19 heavy (non-hydrogen) atoms. The summed E-state index contributed by atoms with van der Waals surface area (Å²) in [7, 11) is 0. The maximum Gasteiger partial charge on any atom is 0.0359 e. The molecule has 0 radical (unpaired) electrons. The SMILES string of the molecule is C=C/C=C(\C=C)N(CC)CCCC.CC.CC.CC. The van der Waals surface area contributed by atoms with Gasteiger partial charge < -0.3 is 4.90 Å². The van der Waals surface area contributed by atoms with Crippen molar-refractivity contribution in [2.24, 2.45) is 0 Å². The van der Waals surface area contributed by atoms with Gasteiger partial charge in [-0.2, -0.15) is 0 Å². The van der Waals surface area contributed by atoms with Crippen molar-refractivity contribution in [3.8, 4) is 0 Å². The molecule has 0 aliphatic carbocycles. The Morgan fingerprint density at radius 3 is 1.68 bits per heavy atom. The van der Waals surface area contributed by atoms with Crippen molar-refractivity contribution in [2.45, 2.75) is 68.2 Å². The fourth-order valence-corrected chi connectivity index (χ4v) is 1.24. The van der Waals surface area contributed by atoms with Gasteiger partial charge in [-0.15, -0.1) is 0 Å². The molecule has 0 aliphatic rings. The molecule has 116 valence electrons. The first-order valence-corrected chi connectivity index (χ1v) is 8.00. The minimum atomic E-state index is 1.03. The van der Waals surface area contributed by atoms with Crippen molar-refractivity contribution in [3.63, 3.8) is 0 Å². The van der Waals surface area contributed by atoms with Crippen LogP contribution in [0, 0.1) is 0 Å². The van der Waals surface area contributed by atoms with Gasteiger partial charge in [-0.1, -0.05) is 74.1 Å². The number of likely N-dealkylation sites (N-methyl/N-ethyl adjacent to an activating group) is 1. The van der Waals surface area contributed by atoms with Gasteiger partial charge in [-0.3, -0.25) is 0 Å². The van der Waals surface area contributed by atoms with Gasteiger partial charge in [0, 0.05) is 18.8 Å². The summed E-state index contributed by atoms with van der Waals surface area (Å²) < 4.78 is 0. The van der Waals surface area contributed by atoms with E-state index >= 15 is 0 Å². The fraction of sp³-hybridized carbons (Fsp3) is 0.667. The monoisotopic (exact) mass is 269 g/mol. The molecule has 0 aromatic heterocycles. The van der Waals surface area contributed by atoms with Gasteiger partial charge in [0.05, 0.1) is 0 Å². The molecule has 0 fully saturated rings. The van der Waals surface area contributed by atoms with Crippen LogP contribution in [-0.4, -0.2) is 18.0 Å². The van der Waals surface area contributed by atoms with E-state index in [1.54, 1.807) is 0 Å². The fourth-order valence-electron chi connectivity index (χ4n) is 1.24. The Bertz CT molecular complexity index is 180. The minimum absolute atomic E-state index is 1.03. The zero-order valence-corrected chi connectivity index (χ0v) is 14.9. The largest absolute Gasteiger partial charge is 0.372 e. The van der Waals surface area contributed by atoms with Crippen molar-refractivity contribution in [2.75, 3.05) is 13.1 Å². The highest BCUT2D eigenvalue weighted by molar-refractivity contribution is 5.19. The average Bonchev–Trinajstić information content (AvgIpc) is 2.52. The van der Waals surface area contributed by atoms with E-state index in [2.05, 4.69) is 31.9 Å². The first-order valence-electron chi connectivity index (χ1n) is 8.00. The maximum absolute atomic E-state index is 3.80. The summed E-state index contributed by atoms with van der Waals surface area (Å²) in [6.07, 6.45) is 8.17. The summed E-state index contributed by atoms with van der Waals surface area (Å²) in [4.78, 5) is 2.32. The first-order chi connectivity index (χ1) is 9.29. The molecule has 0 aliphatic heterocycles. The second-order valence-corrected chi connectivity index (χ2v) is 2.96. The predicted octanol–water partition coefficient (Wildman–Crippen LogP) is 6.44. The number of nitrogens with zero attached hydrogens (tertiary/aromatic N) is 1. The lowest BCUT2D eigenvalue weighted by atomic mass is 10.2. The third-order valence-electron chi connectivity index (χ3n) is 2.03. The molecule has 0 N–H and O–H groups in total. The molecule has 0 saturated carbocycles. The molecule has 0 rings (SSSR count). The summed E-state index contributed by atoms with van der Waals surface area (Å²) in [5.74, 6) is 0. The normalized spacial score (nSPS) is 8.53. The van der Waals surface area contributed by atoms with Gasteiger partial charge in [0.15, 0.2) is 0 Å². The lowest BCUT2D eigenvalue weighted by molar-refractivity contribution is 0.365. The minimum Gasteiger partial charge on any atom is -0.372 e. The van der Waals surface area contributed by atoms with E-state index in [0.29, 0.717) is 0 Å². The smallest absolute Gasteiger partial charge is 0.0359 e. The Balaban J connectivity index is -0.000000163. The van der Waals surface area contributed by atoms with E-state index in [-0.39, 0.29) is 0 Å². The number of rotatable bonds is 7. The summed E-state index contributed by atoms with van der Waals surface area (Å²) in [5, 5.41) is 0. The second kappa shape index (κ2) is 30.2. The summed E-state index contributed by atoms with van der Waals surface area (Å²) in [6.45, 7) is 26.0. The van der Waals surface area contributed by atoms with Crippen LogP contribution in [0.5, 0.6) is 0 Å². The zero-order valence-electron chi connectivity index (χ0n) is 14.9. The van der Waals surface area contributed by atoms with E-state index in [1.807, 2.05) is 59.8 Å². The van der Waals surface area contributed by atoms with Crippen LogP contribution in [0.25, 0.3) is 0 Å². The van der Waals surface area contributed by atoms with Crippen LogP contribution in [0.3, 0.4) is 0 Å². The van der Waals surface area contributed by atoms with Gasteiger partial charge in [0.2, 0.25) is 0 Å². The van der Waals surface area contributed by atoms with Gasteiger partial charge in [0.1, 0.15) is 0 Å². The summed E-state index contributed by atoms with van der Waals surface area (Å²) in [5.41, 5.74) is 1.17. The Kier molecular flexibility index (Phi) is 42.3. The molecule has 0 bridgehead atoms. The third kappa shape index (κ3) is 19.5. The Morgan fingerprint density at radius 2 is 1.42 bits per heavy atom. The first kappa shape index (κ1) is 26.6. The van der Waals surface area contributed by atoms with Crippen LogP contribution >= 0.6 is 0 Å². The van der Waals surface area contributed by atoms with Crippen molar-refractivity contribution in [3.05, 3.63) is 37.1 Å². The second-order valence-electron chi connectivity index (χ2n) is 2.96. The van der Waals surface area contributed by atoms with Crippen LogP contribution in [0.1, 0.15) is 68.2 Å². The van der Waals surface area contributed by atoms with Crippen LogP contribution < -0.4 is 0 Å². The zero-order chi connectivity index (χ0) is 16.1. The lowest BCUT2D eigenvalue weighted by Gasteiger charge is -2.23. The predicted molar refractivity (Wildman–Crippen MR) is 94.7 cm³/mol. The quantitative estimate of drug-likeness (QED) is 0.480. The maximum atomic E-state index is 3.80.